The molecular formula is C24H30O4. The van der Waals surface area contributed by atoms with Crippen LogP contribution in [0, 0.1) is 46.3 Å². The smallest absolute Gasteiger partial charge is 0.122 e. The molecule has 6 aliphatic carbocycles. The van der Waals surface area contributed by atoms with Gasteiger partial charge in [0.25, 0.3) is 0 Å². The van der Waals surface area contributed by atoms with Crippen LogP contribution in [0.3, 0.4) is 0 Å². The minimum absolute atomic E-state index is 0.286. The minimum Gasteiger partial charge on any atom is -0.496 e. The van der Waals surface area contributed by atoms with Gasteiger partial charge in [-0.25, -0.2) is 0 Å². The second-order valence-electron chi connectivity index (χ2n) is 11.0. The summed E-state index contributed by atoms with van der Waals surface area (Å²) in [6.45, 7) is 5.03. The zero-order chi connectivity index (χ0) is 19.3. The summed E-state index contributed by atoms with van der Waals surface area (Å²) in [5.74, 6) is 6.29. The van der Waals surface area contributed by atoms with Gasteiger partial charge in [0.05, 0.1) is 26.4 Å². The topological polar surface area (TPSA) is 58.9 Å². The Morgan fingerprint density at radius 3 is 1.57 bits per heavy atom. The normalized spacial score (nSPS) is 58.4. The highest BCUT2D eigenvalue weighted by atomic mass is 16.5. The number of aliphatic hydroxyl groups is 2. The Morgan fingerprint density at radius 2 is 1.18 bits per heavy atom. The van der Waals surface area contributed by atoms with Gasteiger partial charge in [-0.2, -0.15) is 0 Å². The molecule has 4 bridgehead atoms. The number of benzene rings is 1. The van der Waals surface area contributed by atoms with Crippen LogP contribution in [0.4, 0.5) is 0 Å². The summed E-state index contributed by atoms with van der Waals surface area (Å²) in [5.41, 5.74) is 3.38. The predicted octanol–water partition coefficient (Wildman–Crippen LogP) is 3.16. The van der Waals surface area contributed by atoms with E-state index in [1.165, 1.54) is 17.5 Å². The van der Waals surface area contributed by atoms with E-state index in [0.29, 0.717) is 47.3 Å². The summed E-state index contributed by atoms with van der Waals surface area (Å²) < 4.78 is 11.6. The van der Waals surface area contributed by atoms with Crippen molar-refractivity contribution in [1.29, 1.82) is 0 Å². The monoisotopic (exact) mass is 382 g/mol. The number of aliphatic hydroxyl groups excluding tert-OH is 2. The number of hydrogen-bond donors (Lipinski definition) is 2. The average molecular weight is 383 g/mol. The highest BCUT2D eigenvalue weighted by Crippen LogP contribution is 2.94. The van der Waals surface area contributed by atoms with Crippen LogP contribution in [0.1, 0.15) is 49.7 Å². The van der Waals surface area contributed by atoms with Gasteiger partial charge in [-0.1, -0.05) is 13.8 Å². The molecule has 12 atom stereocenters. The van der Waals surface area contributed by atoms with Gasteiger partial charge in [-0.05, 0) is 83.1 Å². The molecule has 1 aromatic rings. The van der Waals surface area contributed by atoms with Crippen LogP contribution in [-0.2, 0) is 0 Å². The summed E-state index contributed by atoms with van der Waals surface area (Å²) in [4.78, 5) is 0. The molecule has 4 nitrogen and oxygen atoms in total. The van der Waals surface area contributed by atoms with E-state index >= 15 is 0 Å². The maximum atomic E-state index is 10.6. The van der Waals surface area contributed by atoms with Gasteiger partial charge in [0.1, 0.15) is 11.5 Å². The van der Waals surface area contributed by atoms with Gasteiger partial charge < -0.3 is 19.7 Å². The molecule has 5 saturated carbocycles. The third-order valence-electron chi connectivity index (χ3n) is 11.2. The Hall–Kier alpha value is -1.26. The van der Waals surface area contributed by atoms with Crippen molar-refractivity contribution < 1.29 is 19.7 Å². The zero-order valence-electron chi connectivity index (χ0n) is 17.1. The highest BCUT2D eigenvalue weighted by molar-refractivity contribution is 5.61. The molecule has 7 rings (SSSR count). The Labute approximate surface area is 166 Å². The Morgan fingerprint density at radius 1 is 0.750 bits per heavy atom. The lowest BCUT2D eigenvalue weighted by molar-refractivity contribution is -0.374. The van der Waals surface area contributed by atoms with Gasteiger partial charge in [-0.15, -0.1) is 0 Å². The van der Waals surface area contributed by atoms with Crippen LogP contribution < -0.4 is 9.47 Å². The van der Waals surface area contributed by atoms with Crippen molar-refractivity contribution in [2.24, 2.45) is 46.3 Å². The summed E-state index contributed by atoms with van der Waals surface area (Å²) in [7, 11) is 3.57. The van der Waals surface area contributed by atoms with Crippen molar-refractivity contribution in [3.05, 3.63) is 23.3 Å². The molecule has 28 heavy (non-hydrogen) atoms. The van der Waals surface area contributed by atoms with Crippen LogP contribution in [0.15, 0.2) is 12.1 Å². The van der Waals surface area contributed by atoms with Crippen LogP contribution in [0.2, 0.25) is 0 Å². The van der Waals surface area contributed by atoms with Crippen molar-refractivity contribution in [1.82, 2.24) is 0 Å². The van der Waals surface area contributed by atoms with Crippen LogP contribution in [-0.4, -0.2) is 36.6 Å². The lowest BCUT2D eigenvalue weighted by atomic mass is 9.20. The number of methoxy groups -OCH3 is 2. The van der Waals surface area contributed by atoms with Gasteiger partial charge in [0.2, 0.25) is 0 Å². The molecule has 0 saturated heterocycles. The predicted molar refractivity (Wildman–Crippen MR) is 103 cm³/mol. The summed E-state index contributed by atoms with van der Waals surface area (Å²) in [5, 5.41) is 21.3. The summed E-state index contributed by atoms with van der Waals surface area (Å²) in [6.07, 6.45) is 1.23. The highest BCUT2D eigenvalue weighted by Gasteiger charge is 2.90. The third kappa shape index (κ3) is 1.27. The molecule has 0 amide bonds. The molecule has 150 valence electrons. The molecule has 0 spiro atoms. The average Bonchev–Trinajstić information content (AvgIpc) is 3.44. The standard InChI is InChI=1S/C24H30O4/c1-23-17-9-7-10(16-14(28-4)6-5-13(27-3)15(9)16)18(17)24(23,2)20-12-8-11(19(20)23)21(25)22(12)26/h5-6,9-12,17-22,25-26H,7-8H2,1-4H3/t9-,10+,11-,12+,17?,18?,19?,20?,21-,22+,23?,24?. The van der Waals surface area contributed by atoms with E-state index in [9.17, 15) is 10.2 Å². The van der Waals surface area contributed by atoms with E-state index < -0.39 is 12.2 Å². The molecule has 0 aliphatic heterocycles. The molecule has 4 heteroatoms. The van der Waals surface area contributed by atoms with Crippen molar-refractivity contribution in [2.45, 2.75) is 50.7 Å². The van der Waals surface area contributed by atoms with E-state index in [2.05, 4.69) is 26.0 Å². The van der Waals surface area contributed by atoms with Gasteiger partial charge in [-0.3, -0.25) is 0 Å². The fraction of sp³-hybridized carbons (Fsp3) is 0.750. The first kappa shape index (κ1) is 16.5. The van der Waals surface area contributed by atoms with E-state index in [1.54, 1.807) is 14.2 Å². The number of fused-ring (bicyclic) bond motifs is 18. The van der Waals surface area contributed by atoms with Crippen molar-refractivity contribution in [3.8, 4) is 11.5 Å². The maximum Gasteiger partial charge on any atom is 0.122 e. The molecule has 0 heterocycles. The molecule has 1 aromatic carbocycles. The lowest BCUT2D eigenvalue weighted by Gasteiger charge is -2.84. The fourth-order valence-corrected chi connectivity index (χ4v) is 10.6. The second kappa shape index (κ2) is 4.57. The molecule has 0 aromatic heterocycles. The molecule has 5 fully saturated rings. The Bertz CT molecular complexity index is 841. The SMILES string of the molecule is COc1ccc(OC)c2c1[C@H]1C[C@@H]2C2C1C1(C)C3C([C@@H]4C[C@H]3[C@@H](O)[C@H]4O)C21C. The van der Waals surface area contributed by atoms with Crippen molar-refractivity contribution >= 4 is 0 Å². The molecule has 6 aliphatic rings. The molecular weight excluding hydrogens is 352 g/mol. The van der Waals surface area contributed by atoms with E-state index in [4.69, 9.17) is 9.47 Å². The second-order valence-corrected chi connectivity index (χ2v) is 11.0. The maximum absolute atomic E-state index is 10.6. The Balaban J connectivity index is 1.38. The largest absolute Gasteiger partial charge is 0.496 e. The number of rotatable bonds is 2. The van der Waals surface area contributed by atoms with E-state index in [-0.39, 0.29) is 10.8 Å². The quantitative estimate of drug-likeness (QED) is 0.772. The summed E-state index contributed by atoms with van der Waals surface area (Å²) in [6, 6.07) is 4.16. The van der Waals surface area contributed by atoms with Crippen LogP contribution in [0.25, 0.3) is 0 Å². The van der Waals surface area contributed by atoms with E-state index in [0.717, 1.165) is 17.9 Å². The third-order valence-corrected chi connectivity index (χ3v) is 11.2. The van der Waals surface area contributed by atoms with Gasteiger partial charge in [0, 0.05) is 11.1 Å². The first-order valence-electron chi connectivity index (χ1n) is 11.0. The number of hydrogen-bond acceptors (Lipinski definition) is 4. The molecule has 0 radical (unpaired) electrons. The minimum atomic E-state index is -0.507. The van der Waals surface area contributed by atoms with Crippen molar-refractivity contribution in [2.75, 3.05) is 14.2 Å². The van der Waals surface area contributed by atoms with Crippen LogP contribution in [0.5, 0.6) is 11.5 Å². The zero-order valence-corrected chi connectivity index (χ0v) is 17.1. The summed E-state index contributed by atoms with van der Waals surface area (Å²) >= 11 is 0. The van der Waals surface area contributed by atoms with E-state index in [1.807, 2.05) is 0 Å². The fourth-order valence-electron chi connectivity index (χ4n) is 10.6. The molecule has 2 N–H and O–H groups in total. The van der Waals surface area contributed by atoms with Gasteiger partial charge in [0.15, 0.2) is 0 Å². The van der Waals surface area contributed by atoms with Crippen LogP contribution >= 0.6 is 0 Å². The van der Waals surface area contributed by atoms with Crippen molar-refractivity contribution in [3.63, 3.8) is 0 Å². The Kier molecular flexibility index (Phi) is 2.70. The number of ether oxygens (including phenoxy) is 2. The molecule has 6 unspecified atom stereocenters. The van der Waals surface area contributed by atoms with Gasteiger partial charge >= 0.3 is 0 Å². The lowest BCUT2D eigenvalue weighted by Crippen LogP contribution is -2.81. The first-order chi connectivity index (χ1) is 13.4. The first-order valence-corrected chi connectivity index (χ1v) is 11.0.